The Balaban J connectivity index is 2.08. The average Bonchev–Trinajstić information content (AvgIpc) is 2.74. The molecule has 1 aromatic rings. The first-order valence-electron chi connectivity index (χ1n) is 5.10. The highest BCUT2D eigenvalue weighted by molar-refractivity contribution is 4.95. The number of nitrogens with two attached hydrogens (primary N) is 1. The third-order valence-electron chi connectivity index (χ3n) is 2.74. The van der Waals surface area contributed by atoms with Crippen LogP contribution in [-0.4, -0.2) is 32.7 Å². The molecule has 2 unspecified atom stereocenters. The van der Waals surface area contributed by atoms with Crippen molar-refractivity contribution in [2.24, 2.45) is 5.73 Å². The van der Waals surface area contributed by atoms with Crippen molar-refractivity contribution in [3.05, 3.63) is 11.9 Å². The highest BCUT2D eigenvalue weighted by Crippen LogP contribution is 2.29. The number of hydrogen-bond acceptors (Lipinski definition) is 4. The third kappa shape index (κ3) is 1.78. The normalized spacial score (nSPS) is 27.0. The summed E-state index contributed by atoms with van der Waals surface area (Å²) in [5.74, 6) is 0. The van der Waals surface area contributed by atoms with Crippen molar-refractivity contribution < 1.29 is 5.11 Å². The van der Waals surface area contributed by atoms with Gasteiger partial charge in [0.1, 0.15) is 0 Å². The van der Waals surface area contributed by atoms with E-state index < -0.39 is 0 Å². The van der Waals surface area contributed by atoms with Gasteiger partial charge in [-0.05, 0) is 25.8 Å². The molecule has 1 saturated carbocycles. The van der Waals surface area contributed by atoms with Gasteiger partial charge in [-0.25, -0.2) is 4.68 Å². The second-order valence-electron chi connectivity index (χ2n) is 3.79. The monoisotopic (exact) mass is 196 g/mol. The van der Waals surface area contributed by atoms with Crippen LogP contribution in [0.5, 0.6) is 0 Å². The largest absolute Gasteiger partial charge is 0.391 e. The van der Waals surface area contributed by atoms with E-state index in [9.17, 15) is 5.11 Å². The minimum Gasteiger partial charge on any atom is -0.391 e. The lowest BCUT2D eigenvalue weighted by Crippen LogP contribution is -2.18. The number of aliphatic hydroxyl groups excluding tert-OH is 1. The van der Waals surface area contributed by atoms with E-state index in [1.807, 2.05) is 6.20 Å². The maximum atomic E-state index is 9.67. The zero-order valence-electron chi connectivity index (χ0n) is 8.13. The van der Waals surface area contributed by atoms with Gasteiger partial charge in [-0.1, -0.05) is 5.21 Å². The lowest BCUT2D eigenvalue weighted by molar-refractivity contribution is 0.129. The van der Waals surface area contributed by atoms with Crippen molar-refractivity contribution in [1.82, 2.24) is 15.0 Å². The van der Waals surface area contributed by atoms with E-state index in [4.69, 9.17) is 5.73 Å². The van der Waals surface area contributed by atoms with E-state index >= 15 is 0 Å². The van der Waals surface area contributed by atoms with Crippen LogP contribution in [0.2, 0.25) is 0 Å². The van der Waals surface area contributed by atoms with Gasteiger partial charge in [0.25, 0.3) is 0 Å². The molecule has 2 rings (SSSR count). The van der Waals surface area contributed by atoms with E-state index in [0.29, 0.717) is 6.54 Å². The third-order valence-corrected chi connectivity index (χ3v) is 2.74. The minimum atomic E-state index is -0.262. The van der Waals surface area contributed by atoms with E-state index in [-0.39, 0.29) is 12.1 Å². The van der Waals surface area contributed by atoms with Crippen molar-refractivity contribution in [3.63, 3.8) is 0 Å². The maximum absolute atomic E-state index is 9.67. The molecule has 0 amide bonds. The average molecular weight is 196 g/mol. The van der Waals surface area contributed by atoms with Gasteiger partial charge in [0, 0.05) is 12.6 Å². The highest BCUT2D eigenvalue weighted by atomic mass is 16.3. The molecular formula is C9H16N4O. The van der Waals surface area contributed by atoms with Crippen LogP contribution in [0.4, 0.5) is 0 Å². The SMILES string of the molecule is NCCc1cn(C2CCCC2O)nn1. The summed E-state index contributed by atoms with van der Waals surface area (Å²) in [6, 6.07) is 0.119. The summed E-state index contributed by atoms with van der Waals surface area (Å²) in [6.07, 6.45) is 5.32. The summed E-state index contributed by atoms with van der Waals surface area (Å²) >= 11 is 0. The highest BCUT2D eigenvalue weighted by Gasteiger charge is 2.27. The van der Waals surface area contributed by atoms with E-state index in [1.54, 1.807) is 4.68 Å². The van der Waals surface area contributed by atoms with Crippen molar-refractivity contribution in [2.75, 3.05) is 6.54 Å². The quantitative estimate of drug-likeness (QED) is 0.705. The lowest BCUT2D eigenvalue weighted by atomic mass is 10.2. The first-order valence-corrected chi connectivity index (χ1v) is 5.10. The first-order chi connectivity index (χ1) is 6.81. The van der Waals surface area contributed by atoms with Gasteiger partial charge in [-0.2, -0.15) is 0 Å². The summed E-state index contributed by atoms with van der Waals surface area (Å²) in [6.45, 7) is 0.589. The second kappa shape index (κ2) is 4.06. The molecule has 0 radical (unpaired) electrons. The van der Waals surface area contributed by atoms with Crippen LogP contribution in [0, 0.1) is 0 Å². The molecule has 1 aliphatic carbocycles. The Bertz CT molecular complexity index is 299. The molecule has 1 aliphatic rings. The van der Waals surface area contributed by atoms with Crippen LogP contribution in [0.3, 0.4) is 0 Å². The van der Waals surface area contributed by atoms with Crippen LogP contribution in [0.15, 0.2) is 6.20 Å². The maximum Gasteiger partial charge on any atom is 0.0839 e. The molecule has 78 valence electrons. The molecule has 3 N–H and O–H groups in total. The minimum absolute atomic E-state index is 0.119. The molecule has 0 bridgehead atoms. The molecule has 0 spiro atoms. The Morgan fingerprint density at radius 3 is 3.07 bits per heavy atom. The van der Waals surface area contributed by atoms with E-state index in [2.05, 4.69) is 10.3 Å². The van der Waals surface area contributed by atoms with Crippen molar-refractivity contribution in [3.8, 4) is 0 Å². The molecule has 1 heterocycles. The summed E-state index contributed by atoms with van der Waals surface area (Å²) in [5.41, 5.74) is 6.33. The summed E-state index contributed by atoms with van der Waals surface area (Å²) < 4.78 is 1.78. The van der Waals surface area contributed by atoms with Crippen LogP contribution in [-0.2, 0) is 6.42 Å². The number of aliphatic hydroxyl groups is 1. The summed E-state index contributed by atoms with van der Waals surface area (Å²) in [5, 5.41) is 17.7. The van der Waals surface area contributed by atoms with Crippen LogP contribution >= 0.6 is 0 Å². The van der Waals surface area contributed by atoms with Gasteiger partial charge < -0.3 is 10.8 Å². The smallest absolute Gasteiger partial charge is 0.0839 e. The standard InChI is InChI=1S/C9H16N4O/c10-5-4-7-6-13(12-11-7)8-2-1-3-9(8)14/h6,8-9,14H,1-5,10H2. The molecule has 0 aliphatic heterocycles. The zero-order valence-corrected chi connectivity index (χ0v) is 8.13. The van der Waals surface area contributed by atoms with E-state index in [0.717, 1.165) is 31.4 Å². The van der Waals surface area contributed by atoms with Crippen molar-refractivity contribution in [2.45, 2.75) is 37.8 Å². The molecule has 0 aromatic carbocycles. The number of nitrogens with zero attached hydrogens (tertiary/aromatic N) is 3. The predicted octanol–water partition coefficient (Wildman–Crippen LogP) is -0.135. The summed E-state index contributed by atoms with van der Waals surface area (Å²) in [7, 11) is 0. The molecule has 14 heavy (non-hydrogen) atoms. The van der Waals surface area contributed by atoms with Gasteiger partial charge in [-0.3, -0.25) is 0 Å². The zero-order chi connectivity index (χ0) is 9.97. The molecule has 1 fully saturated rings. The Kier molecular flexibility index (Phi) is 2.79. The van der Waals surface area contributed by atoms with Crippen molar-refractivity contribution in [1.29, 1.82) is 0 Å². The fraction of sp³-hybridized carbons (Fsp3) is 0.778. The predicted molar refractivity (Wildman–Crippen MR) is 51.7 cm³/mol. The number of hydrogen-bond donors (Lipinski definition) is 2. The number of rotatable bonds is 3. The Hall–Kier alpha value is -0.940. The molecule has 0 saturated heterocycles. The fourth-order valence-corrected chi connectivity index (χ4v) is 1.97. The molecule has 5 nitrogen and oxygen atoms in total. The van der Waals surface area contributed by atoms with Crippen LogP contribution < -0.4 is 5.73 Å². The molecule has 5 heteroatoms. The van der Waals surface area contributed by atoms with Crippen molar-refractivity contribution >= 4 is 0 Å². The summed E-state index contributed by atoms with van der Waals surface area (Å²) in [4.78, 5) is 0. The Morgan fingerprint density at radius 2 is 2.43 bits per heavy atom. The van der Waals surface area contributed by atoms with Crippen LogP contribution in [0.1, 0.15) is 31.0 Å². The van der Waals surface area contributed by atoms with Gasteiger partial charge in [0.15, 0.2) is 0 Å². The van der Waals surface area contributed by atoms with Gasteiger partial charge in [-0.15, -0.1) is 5.10 Å². The van der Waals surface area contributed by atoms with Crippen LogP contribution in [0.25, 0.3) is 0 Å². The molecule has 1 aromatic heterocycles. The van der Waals surface area contributed by atoms with Gasteiger partial charge in [0.2, 0.25) is 0 Å². The second-order valence-corrected chi connectivity index (χ2v) is 3.79. The molecule has 2 atom stereocenters. The topological polar surface area (TPSA) is 77.0 Å². The Morgan fingerprint density at radius 1 is 1.57 bits per heavy atom. The first kappa shape index (κ1) is 9.61. The molecular weight excluding hydrogens is 180 g/mol. The van der Waals surface area contributed by atoms with Gasteiger partial charge in [0.05, 0.1) is 17.8 Å². The van der Waals surface area contributed by atoms with Gasteiger partial charge >= 0.3 is 0 Å². The lowest BCUT2D eigenvalue weighted by Gasteiger charge is -2.13. The Labute approximate surface area is 82.9 Å². The number of aromatic nitrogens is 3. The fourth-order valence-electron chi connectivity index (χ4n) is 1.97. The van der Waals surface area contributed by atoms with E-state index in [1.165, 1.54) is 0 Å².